The van der Waals surface area contributed by atoms with Gasteiger partial charge >= 0.3 is 0 Å². The van der Waals surface area contributed by atoms with Crippen LogP contribution < -0.4 is 11.1 Å². The third-order valence-electron chi connectivity index (χ3n) is 3.36. The van der Waals surface area contributed by atoms with Gasteiger partial charge in [-0.05, 0) is 32.1 Å². The Labute approximate surface area is 100 Å². The summed E-state index contributed by atoms with van der Waals surface area (Å²) in [6.45, 7) is 0.532. The number of aliphatic imine (C=N–C) groups is 1. The van der Waals surface area contributed by atoms with E-state index in [2.05, 4.69) is 15.5 Å². The van der Waals surface area contributed by atoms with Crippen LogP contribution in [0.4, 0.5) is 0 Å². The molecule has 17 heavy (non-hydrogen) atoms. The zero-order chi connectivity index (χ0) is 11.7. The van der Waals surface area contributed by atoms with Crippen LogP contribution in [0, 0.1) is 0 Å². The van der Waals surface area contributed by atoms with E-state index in [1.54, 1.807) is 0 Å². The second-order valence-electron chi connectivity index (χ2n) is 4.86. The molecule has 5 heteroatoms. The number of nitrogens with two attached hydrogens (primary N) is 1. The van der Waals surface area contributed by atoms with Gasteiger partial charge in [0.25, 0.3) is 0 Å². The highest BCUT2D eigenvalue weighted by Gasteiger charge is 2.22. The summed E-state index contributed by atoms with van der Waals surface area (Å²) in [7, 11) is 0. The van der Waals surface area contributed by atoms with Crippen molar-refractivity contribution in [3.63, 3.8) is 0 Å². The molecule has 1 aromatic heterocycles. The van der Waals surface area contributed by atoms with Gasteiger partial charge in [0.2, 0.25) is 0 Å². The number of aromatic nitrogens is 1. The van der Waals surface area contributed by atoms with Gasteiger partial charge in [-0.25, -0.2) is 4.99 Å². The Morgan fingerprint density at radius 1 is 1.41 bits per heavy atom. The maximum absolute atomic E-state index is 5.79. The van der Waals surface area contributed by atoms with Gasteiger partial charge in [0.1, 0.15) is 11.5 Å². The fourth-order valence-electron chi connectivity index (χ4n) is 2.22. The minimum atomic E-state index is 0.528. The predicted octanol–water partition coefficient (Wildman–Crippen LogP) is 1.12. The molecule has 1 saturated carbocycles. The van der Waals surface area contributed by atoms with Gasteiger partial charge in [-0.15, -0.1) is 0 Å². The van der Waals surface area contributed by atoms with Gasteiger partial charge in [0.15, 0.2) is 5.96 Å². The normalized spacial score (nSPS) is 20.1. The number of guanidine groups is 1. The predicted molar refractivity (Wildman–Crippen MR) is 64.6 cm³/mol. The van der Waals surface area contributed by atoms with Crippen molar-refractivity contribution >= 4 is 5.96 Å². The van der Waals surface area contributed by atoms with Crippen LogP contribution in [0.15, 0.2) is 9.52 Å². The summed E-state index contributed by atoms with van der Waals surface area (Å²) in [6, 6.07) is 0.546. The highest BCUT2D eigenvalue weighted by molar-refractivity contribution is 5.78. The number of nitrogens with zero attached hydrogens (tertiary/aromatic N) is 2. The number of rotatable bonds is 3. The first-order valence-electron chi connectivity index (χ1n) is 6.35. The van der Waals surface area contributed by atoms with Crippen molar-refractivity contribution in [3.05, 3.63) is 17.0 Å². The summed E-state index contributed by atoms with van der Waals surface area (Å²) in [5.74, 6) is 1.58. The summed E-state index contributed by atoms with van der Waals surface area (Å²) in [5, 5.41) is 7.26. The number of aryl methyl sites for hydroxylation is 1. The zero-order valence-corrected chi connectivity index (χ0v) is 9.91. The van der Waals surface area contributed by atoms with Crippen LogP contribution >= 0.6 is 0 Å². The minimum Gasteiger partial charge on any atom is -0.370 e. The second-order valence-corrected chi connectivity index (χ2v) is 4.86. The summed E-state index contributed by atoms with van der Waals surface area (Å²) < 4.78 is 5.33. The Bertz CT molecular complexity index is 434. The van der Waals surface area contributed by atoms with Crippen LogP contribution in [0.5, 0.6) is 0 Å². The first-order chi connectivity index (χ1) is 8.33. The molecule has 1 heterocycles. The minimum absolute atomic E-state index is 0.528. The standard InChI is InChI=1S/C12H18N4O/c13-12(15-8-5-6-8)14-7-10-9-3-1-2-4-11(9)17-16-10/h8H,1-7H2,(H3,13,14,15). The van der Waals surface area contributed by atoms with Crippen molar-refractivity contribution in [1.29, 1.82) is 0 Å². The van der Waals surface area contributed by atoms with E-state index in [4.69, 9.17) is 10.3 Å². The Morgan fingerprint density at radius 2 is 2.24 bits per heavy atom. The highest BCUT2D eigenvalue weighted by atomic mass is 16.5. The molecule has 0 atom stereocenters. The van der Waals surface area contributed by atoms with Crippen molar-refractivity contribution in [2.24, 2.45) is 10.7 Å². The van der Waals surface area contributed by atoms with Crippen LogP contribution in [0.3, 0.4) is 0 Å². The molecule has 0 bridgehead atoms. The average Bonchev–Trinajstić information content (AvgIpc) is 3.06. The smallest absolute Gasteiger partial charge is 0.189 e. The quantitative estimate of drug-likeness (QED) is 0.607. The molecule has 2 aliphatic rings. The van der Waals surface area contributed by atoms with Gasteiger partial charge in [-0.3, -0.25) is 0 Å². The van der Waals surface area contributed by atoms with Crippen LogP contribution in [0.1, 0.15) is 42.7 Å². The number of hydrogen-bond acceptors (Lipinski definition) is 3. The van der Waals surface area contributed by atoms with Gasteiger partial charge in [0.05, 0.1) is 6.54 Å². The van der Waals surface area contributed by atoms with Crippen molar-refractivity contribution < 1.29 is 4.52 Å². The highest BCUT2D eigenvalue weighted by Crippen LogP contribution is 2.24. The van der Waals surface area contributed by atoms with Crippen molar-refractivity contribution in [1.82, 2.24) is 10.5 Å². The van der Waals surface area contributed by atoms with E-state index in [0.717, 1.165) is 24.3 Å². The molecule has 0 aromatic carbocycles. The molecule has 5 nitrogen and oxygen atoms in total. The van der Waals surface area contributed by atoms with Crippen molar-refractivity contribution in [3.8, 4) is 0 Å². The molecule has 1 fully saturated rings. The van der Waals surface area contributed by atoms with Gasteiger partial charge < -0.3 is 15.6 Å². The van der Waals surface area contributed by atoms with Gasteiger partial charge in [-0.2, -0.15) is 0 Å². The summed E-state index contributed by atoms with van der Waals surface area (Å²) in [6.07, 6.45) is 6.92. The molecule has 92 valence electrons. The largest absolute Gasteiger partial charge is 0.370 e. The third-order valence-corrected chi connectivity index (χ3v) is 3.36. The Morgan fingerprint density at radius 3 is 3.06 bits per heavy atom. The molecule has 3 N–H and O–H groups in total. The second kappa shape index (κ2) is 4.39. The van der Waals surface area contributed by atoms with Crippen molar-refractivity contribution in [2.75, 3.05) is 0 Å². The molecule has 0 radical (unpaired) electrons. The monoisotopic (exact) mass is 234 g/mol. The average molecular weight is 234 g/mol. The topological polar surface area (TPSA) is 76.4 Å². The first kappa shape index (κ1) is 10.6. The zero-order valence-electron chi connectivity index (χ0n) is 9.91. The van der Waals surface area contributed by atoms with Crippen LogP contribution in [-0.4, -0.2) is 17.2 Å². The molecule has 2 aliphatic carbocycles. The number of fused-ring (bicyclic) bond motifs is 1. The first-order valence-corrected chi connectivity index (χ1v) is 6.35. The Kier molecular flexibility index (Phi) is 2.74. The molecule has 3 rings (SSSR count). The summed E-state index contributed by atoms with van der Waals surface area (Å²) in [4.78, 5) is 4.32. The lowest BCUT2D eigenvalue weighted by Gasteiger charge is -2.08. The SMILES string of the molecule is NC(=NCc1noc2c1CCCC2)NC1CC1. The van der Waals surface area contributed by atoms with E-state index in [1.807, 2.05) is 0 Å². The van der Waals surface area contributed by atoms with E-state index < -0.39 is 0 Å². The Balaban J connectivity index is 1.65. The van der Waals surface area contributed by atoms with Crippen LogP contribution in [-0.2, 0) is 19.4 Å². The fourth-order valence-corrected chi connectivity index (χ4v) is 2.22. The molecular weight excluding hydrogens is 216 g/mol. The molecule has 1 aromatic rings. The van der Waals surface area contributed by atoms with Gasteiger partial charge in [-0.1, -0.05) is 5.16 Å². The van der Waals surface area contributed by atoms with Crippen LogP contribution in [0.2, 0.25) is 0 Å². The molecule has 0 unspecified atom stereocenters. The number of nitrogens with one attached hydrogen (secondary N) is 1. The lowest BCUT2D eigenvalue weighted by atomic mass is 9.96. The van der Waals surface area contributed by atoms with Crippen molar-refractivity contribution in [2.45, 2.75) is 51.1 Å². The van der Waals surface area contributed by atoms with E-state index >= 15 is 0 Å². The maximum Gasteiger partial charge on any atom is 0.189 e. The maximum atomic E-state index is 5.79. The van der Waals surface area contributed by atoms with E-state index in [-0.39, 0.29) is 0 Å². The molecule has 0 amide bonds. The van der Waals surface area contributed by atoms with E-state index in [0.29, 0.717) is 18.5 Å². The number of hydrogen-bond donors (Lipinski definition) is 2. The lowest BCUT2D eigenvalue weighted by Crippen LogP contribution is -2.33. The Hall–Kier alpha value is -1.52. The molecular formula is C12H18N4O. The summed E-state index contributed by atoms with van der Waals surface area (Å²) >= 11 is 0. The van der Waals surface area contributed by atoms with Gasteiger partial charge in [0, 0.05) is 18.0 Å². The molecule has 0 spiro atoms. The fraction of sp³-hybridized carbons (Fsp3) is 0.667. The third kappa shape index (κ3) is 2.43. The lowest BCUT2D eigenvalue weighted by molar-refractivity contribution is 0.368. The van der Waals surface area contributed by atoms with E-state index in [9.17, 15) is 0 Å². The summed E-state index contributed by atoms with van der Waals surface area (Å²) in [5.41, 5.74) is 8.01. The molecule has 0 aliphatic heterocycles. The molecule has 0 saturated heterocycles. The van der Waals surface area contributed by atoms with Crippen LogP contribution in [0.25, 0.3) is 0 Å². The van der Waals surface area contributed by atoms with E-state index in [1.165, 1.54) is 31.2 Å².